The highest BCUT2D eigenvalue weighted by atomic mass is 15.4. The molecule has 0 aliphatic carbocycles. The SMILES string of the molecule is c1ccc(-c2nc(-c3ccccc3)nc(N3c4ccccc4C4c5ccccc5N(c5cccc(-n6c7ccccc7c7ccccc76)c5)C43)n2)cc1. The minimum atomic E-state index is -0.159. The highest BCUT2D eigenvalue weighted by Crippen LogP contribution is 2.57. The summed E-state index contributed by atoms with van der Waals surface area (Å²) >= 11 is 0. The molecule has 0 saturated heterocycles. The zero-order valence-corrected chi connectivity index (χ0v) is 28.7. The van der Waals surface area contributed by atoms with Gasteiger partial charge in [-0.15, -0.1) is 0 Å². The van der Waals surface area contributed by atoms with E-state index in [9.17, 15) is 0 Å². The Balaban J connectivity index is 1.13. The highest BCUT2D eigenvalue weighted by Gasteiger charge is 2.51. The standard InChI is InChI=1S/C47H32N6/c1-3-16-31(17-4-1)44-48-45(32-18-5-2-6-19-32)50-47(49-44)53-42-29-14-10-25-38(42)43-37-24-9-13-28-41(37)52(46(43)53)34-21-15-20-33(30-34)51-39-26-11-7-22-35(39)36-23-8-12-27-40(36)51/h1-30,43,46H. The molecule has 6 nitrogen and oxygen atoms in total. The van der Waals surface area contributed by atoms with Gasteiger partial charge in [-0.1, -0.05) is 140 Å². The van der Waals surface area contributed by atoms with E-state index in [0.717, 1.165) is 28.2 Å². The van der Waals surface area contributed by atoms with Crippen LogP contribution < -0.4 is 9.80 Å². The second kappa shape index (κ2) is 11.8. The number of hydrogen-bond acceptors (Lipinski definition) is 5. The Hall–Kier alpha value is -7.05. The summed E-state index contributed by atoms with van der Waals surface area (Å²) in [6.07, 6.45) is -0.159. The van der Waals surface area contributed by atoms with Crippen molar-refractivity contribution in [1.82, 2.24) is 19.5 Å². The zero-order valence-electron chi connectivity index (χ0n) is 28.7. The summed E-state index contributed by atoms with van der Waals surface area (Å²) in [5, 5.41) is 2.49. The van der Waals surface area contributed by atoms with E-state index in [0.29, 0.717) is 17.6 Å². The molecule has 0 amide bonds. The molecule has 0 saturated carbocycles. The zero-order chi connectivity index (χ0) is 34.9. The minimum Gasteiger partial charge on any atom is -0.319 e. The number of aromatic nitrogens is 4. The Morgan fingerprint density at radius 3 is 1.49 bits per heavy atom. The summed E-state index contributed by atoms with van der Waals surface area (Å²) in [6, 6.07) is 64.3. The smallest absolute Gasteiger partial charge is 0.235 e. The molecular weight excluding hydrogens is 649 g/mol. The monoisotopic (exact) mass is 680 g/mol. The third-order valence-electron chi connectivity index (χ3n) is 10.7. The number of benzene rings is 7. The first-order valence-corrected chi connectivity index (χ1v) is 18.0. The van der Waals surface area contributed by atoms with Crippen LogP contribution in [0.3, 0.4) is 0 Å². The van der Waals surface area contributed by atoms with Crippen LogP contribution in [0.1, 0.15) is 17.0 Å². The van der Waals surface area contributed by atoms with Crippen LogP contribution in [0.5, 0.6) is 0 Å². The van der Waals surface area contributed by atoms with E-state index in [4.69, 9.17) is 15.0 Å². The molecule has 4 heterocycles. The third-order valence-corrected chi connectivity index (χ3v) is 10.7. The molecule has 0 N–H and O–H groups in total. The summed E-state index contributed by atoms with van der Waals surface area (Å²) in [4.78, 5) is 20.4. The second-order valence-electron chi connectivity index (χ2n) is 13.7. The quantitative estimate of drug-likeness (QED) is 0.181. The molecule has 53 heavy (non-hydrogen) atoms. The fourth-order valence-electron chi connectivity index (χ4n) is 8.53. The lowest BCUT2D eigenvalue weighted by Crippen LogP contribution is -2.41. The second-order valence-corrected chi connectivity index (χ2v) is 13.7. The van der Waals surface area contributed by atoms with Gasteiger partial charge < -0.3 is 9.47 Å². The number of nitrogens with zero attached hydrogens (tertiary/aromatic N) is 6. The number of anilines is 4. The molecule has 11 rings (SSSR count). The molecule has 2 unspecified atom stereocenters. The van der Waals surface area contributed by atoms with Crippen LogP contribution in [0.4, 0.5) is 23.0 Å². The Morgan fingerprint density at radius 1 is 0.396 bits per heavy atom. The highest BCUT2D eigenvalue weighted by molar-refractivity contribution is 6.09. The van der Waals surface area contributed by atoms with Crippen molar-refractivity contribution in [2.24, 2.45) is 0 Å². The van der Waals surface area contributed by atoms with Gasteiger partial charge in [-0.3, -0.25) is 4.90 Å². The fraction of sp³-hybridized carbons (Fsp3) is 0.0426. The van der Waals surface area contributed by atoms with Gasteiger partial charge in [0.15, 0.2) is 11.6 Å². The van der Waals surface area contributed by atoms with Gasteiger partial charge in [-0.25, -0.2) is 4.98 Å². The predicted octanol–water partition coefficient (Wildman–Crippen LogP) is 11.1. The molecule has 7 aromatic carbocycles. The van der Waals surface area contributed by atoms with Crippen molar-refractivity contribution in [1.29, 1.82) is 0 Å². The van der Waals surface area contributed by atoms with Gasteiger partial charge >= 0.3 is 0 Å². The first-order valence-electron chi connectivity index (χ1n) is 18.0. The number of rotatable bonds is 5. The van der Waals surface area contributed by atoms with Crippen LogP contribution in [0.25, 0.3) is 50.3 Å². The maximum Gasteiger partial charge on any atom is 0.235 e. The lowest BCUT2D eigenvalue weighted by molar-refractivity contribution is 0.657. The van der Waals surface area contributed by atoms with Crippen molar-refractivity contribution in [3.05, 3.63) is 193 Å². The van der Waals surface area contributed by atoms with Gasteiger partial charge in [0.2, 0.25) is 5.95 Å². The van der Waals surface area contributed by atoms with E-state index in [2.05, 4.69) is 160 Å². The molecule has 2 aromatic heterocycles. The summed E-state index contributed by atoms with van der Waals surface area (Å²) < 4.78 is 2.39. The average Bonchev–Trinajstić information content (AvgIpc) is 3.87. The van der Waals surface area contributed by atoms with Gasteiger partial charge in [0.05, 0.1) is 22.6 Å². The van der Waals surface area contributed by atoms with Crippen molar-refractivity contribution in [2.45, 2.75) is 12.1 Å². The van der Waals surface area contributed by atoms with Gasteiger partial charge in [0.1, 0.15) is 6.17 Å². The van der Waals surface area contributed by atoms with Gasteiger partial charge in [-0.05, 0) is 53.6 Å². The molecule has 0 fully saturated rings. The molecule has 9 aromatic rings. The van der Waals surface area contributed by atoms with Crippen LogP contribution in [0.15, 0.2) is 182 Å². The van der Waals surface area contributed by atoms with E-state index in [1.807, 2.05) is 36.4 Å². The summed E-state index contributed by atoms with van der Waals surface area (Å²) in [5.74, 6) is 1.97. The number of hydrogen-bond donors (Lipinski definition) is 0. The van der Waals surface area contributed by atoms with Gasteiger partial charge in [0, 0.05) is 39.0 Å². The van der Waals surface area contributed by atoms with E-state index < -0.39 is 0 Å². The van der Waals surface area contributed by atoms with E-state index in [-0.39, 0.29) is 12.1 Å². The van der Waals surface area contributed by atoms with Gasteiger partial charge in [0.25, 0.3) is 0 Å². The maximum absolute atomic E-state index is 5.26. The lowest BCUT2D eigenvalue weighted by atomic mass is 9.93. The average molecular weight is 681 g/mol. The molecule has 2 aliphatic heterocycles. The van der Waals surface area contributed by atoms with E-state index in [1.54, 1.807) is 0 Å². The molecule has 6 heteroatoms. The van der Waals surface area contributed by atoms with Crippen molar-refractivity contribution < 1.29 is 0 Å². The number of para-hydroxylation sites is 4. The molecule has 2 aliphatic rings. The van der Waals surface area contributed by atoms with Crippen molar-refractivity contribution in [2.75, 3.05) is 9.80 Å². The first-order chi connectivity index (χ1) is 26.3. The number of fused-ring (bicyclic) bond motifs is 8. The van der Waals surface area contributed by atoms with E-state index >= 15 is 0 Å². The third kappa shape index (κ3) is 4.55. The molecule has 0 radical (unpaired) electrons. The minimum absolute atomic E-state index is 0.0661. The van der Waals surface area contributed by atoms with Gasteiger partial charge in [-0.2, -0.15) is 9.97 Å². The first kappa shape index (κ1) is 29.7. The predicted molar refractivity (Wildman–Crippen MR) is 214 cm³/mol. The lowest BCUT2D eigenvalue weighted by Gasteiger charge is -2.35. The summed E-state index contributed by atoms with van der Waals surface area (Å²) in [6.45, 7) is 0. The van der Waals surface area contributed by atoms with E-state index in [1.165, 1.54) is 38.6 Å². The Bertz CT molecular complexity index is 2720. The summed E-state index contributed by atoms with van der Waals surface area (Å²) in [7, 11) is 0. The molecule has 2 atom stereocenters. The van der Waals surface area contributed by atoms with Crippen LogP contribution >= 0.6 is 0 Å². The largest absolute Gasteiger partial charge is 0.319 e. The Labute approximate surface area is 306 Å². The topological polar surface area (TPSA) is 50.1 Å². The van der Waals surface area contributed by atoms with Crippen molar-refractivity contribution in [3.8, 4) is 28.5 Å². The van der Waals surface area contributed by atoms with Crippen LogP contribution in [0.2, 0.25) is 0 Å². The maximum atomic E-state index is 5.26. The molecule has 0 bridgehead atoms. The van der Waals surface area contributed by atoms with Crippen LogP contribution in [-0.4, -0.2) is 25.7 Å². The Kier molecular flexibility index (Phi) is 6.58. The van der Waals surface area contributed by atoms with Crippen LogP contribution in [0, 0.1) is 0 Å². The van der Waals surface area contributed by atoms with Crippen molar-refractivity contribution in [3.63, 3.8) is 0 Å². The fourth-order valence-corrected chi connectivity index (χ4v) is 8.53. The molecule has 250 valence electrons. The van der Waals surface area contributed by atoms with Crippen LogP contribution in [-0.2, 0) is 0 Å². The van der Waals surface area contributed by atoms with Crippen molar-refractivity contribution >= 4 is 44.8 Å². The Morgan fingerprint density at radius 2 is 0.887 bits per heavy atom. The normalized spacial score (nSPS) is 15.8. The molecule has 0 spiro atoms. The molecular formula is C47H32N6. The summed E-state index contributed by atoms with van der Waals surface area (Å²) in [5.41, 5.74) is 11.3.